The minimum absolute atomic E-state index is 0.0720. The molecule has 6 nitrogen and oxygen atoms in total. The predicted molar refractivity (Wildman–Crippen MR) is 91.9 cm³/mol. The molecule has 0 aliphatic carbocycles. The number of amides is 1. The van der Waals surface area contributed by atoms with Crippen LogP contribution in [0.15, 0.2) is 46.1 Å². The number of nitrogens with zero attached hydrogens (tertiary/aromatic N) is 1. The second-order valence-electron chi connectivity index (χ2n) is 5.82. The topological polar surface area (TPSA) is 87.3 Å². The van der Waals surface area contributed by atoms with Crippen LogP contribution < -0.4 is 5.56 Å². The van der Waals surface area contributed by atoms with Crippen molar-refractivity contribution in [2.75, 3.05) is 13.3 Å². The van der Waals surface area contributed by atoms with Crippen molar-refractivity contribution in [1.82, 2.24) is 9.88 Å². The summed E-state index contributed by atoms with van der Waals surface area (Å²) in [5, 5.41) is 0. The Morgan fingerprint density at radius 2 is 1.71 bits per heavy atom. The normalized spacial score (nSPS) is 12.7. The van der Waals surface area contributed by atoms with Crippen LogP contribution in [0.25, 0.3) is 0 Å². The van der Waals surface area contributed by atoms with Gasteiger partial charge in [-0.15, -0.1) is 0 Å². The van der Waals surface area contributed by atoms with Crippen molar-refractivity contribution >= 4 is 15.7 Å². The number of nitrogens with one attached hydrogen (secondary N) is 1. The summed E-state index contributed by atoms with van der Waals surface area (Å²) >= 11 is 0. The third-order valence-corrected chi connectivity index (χ3v) is 5.11. The highest BCUT2D eigenvalue weighted by Gasteiger charge is 2.21. The number of hydrogen-bond donors (Lipinski definition) is 1. The van der Waals surface area contributed by atoms with Crippen LogP contribution in [0, 0.1) is 6.92 Å². The number of hydrogen-bond acceptors (Lipinski definition) is 4. The lowest BCUT2D eigenvalue weighted by atomic mass is 10.1. The zero-order chi connectivity index (χ0) is 18.1. The van der Waals surface area contributed by atoms with Crippen LogP contribution in [-0.2, 0) is 9.84 Å². The quantitative estimate of drug-likeness (QED) is 0.914. The number of carbonyl (C=O) groups is 1. The van der Waals surface area contributed by atoms with E-state index in [4.69, 9.17) is 0 Å². The molecule has 0 spiro atoms. The van der Waals surface area contributed by atoms with Gasteiger partial charge in [0.1, 0.15) is 5.56 Å². The summed E-state index contributed by atoms with van der Waals surface area (Å²) in [4.78, 5) is 28.7. The Morgan fingerprint density at radius 1 is 1.12 bits per heavy atom. The molecule has 0 aliphatic rings. The van der Waals surface area contributed by atoms with Crippen LogP contribution in [0.4, 0.5) is 0 Å². The Labute approximate surface area is 141 Å². The van der Waals surface area contributed by atoms with Crippen LogP contribution in [0.3, 0.4) is 0 Å². The van der Waals surface area contributed by atoms with Crippen LogP contribution in [0.5, 0.6) is 0 Å². The SMILES string of the molecule is Cc1ccc(C(=O)N(C)[C@@H](C)c2ccc(S(C)(=O)=O)cc2)c(=O)[nH]1. The molecule has 128 valence electrons. The van der Waals surface area contributed by atoms with Crippen LogP contribution >= 0.6 is 0 Å². The molecule has 7 heteroatoms. The van der Waals surface area contributed by atoms with E-state index in [1.165, 1.54) is 23.1 Å². The summed E-state index contributed by atoms with van der Waals surface area (Å²) in [6.45, 7) is 3.56. The van der Waals surface area contributed by atoms with Gasteiger partial charge >= 0.3 is 0 Å². The van der Waals surface area contributed by atoms with Gasteiger partial charge in [0, 0.05) is 19.0 Å². The van der Waals surface area contributed by atoms with Gasteiger partial charge in [-0.2, -0.15) is 0 Å². The molecule has 1 aromatic carbocycles. The average Bonchev–Trinajstić information content (AvgIpc) is 2.52. The van der Waals surface area contributed by atoms with Crippen molar-refractivity contribution in [3.63, 3.8) is 0 Å². The molecule has 0 aliphatic heterocycles. The summed E-state index contributed by atoms with van der Waals surface area (Å²) in [7, 11) is -1.65. The zero-order valence-electron chi connectivity index (χ0n) is 14.0. The number of aryl methyl sites for hydroxylation is 1. The van der Waals surface area contributed by atoms with Gasteiger partial charge in [0.15, 0.2) is 9.84 Å². The summed E-state index contributed by atoms with van der Waals surface area (Å²) in [6, 6.07) is 9.23. The predicted octanol–water partition coefficient (Wildman–Crippen LogP) is 1.92. The van der Waals surface area contributed by atoms with Gasteiger partial charge in [0.2, 0.25) is 0 Å². The molecule has 0 saturated carbocycles. The van der Waals surface area contributed by atoms with E-state index in [1.54, 1.807) is 32.2 Å². The molecule has 1 heterocycles. The van der Waals surface area contributed by atoms with Gasteiger partial charge in [0.05, 0.1) is 10.9 Å². The van der Waals surface area contributed by atoms with E-state index in [-0.39, 0.29) is 16.5 Å². The highest BCUT2D eigenvalue weighted by Crippen LogP contribution is 2.21. The smallest absolute Gasteiger partial charge is 0.260 e. The second kappa shape index (κ2) is 6.60. The highest BCUT2D eigenvalue weighted by molar-refractivity contribution is 7.90. The van der Waals surface area contributed by atoms with Crippen molar-refractivity contribution < 1.29 is 13.2 Å². The van der Waals surface area contributed by atoms with Gasteiger partial charge in [-0.3, -0.25) is 9.59 Å². The molecular formula is C17H20N2O4S. The van der Waals surface area contributed by atoms with Crippen molar-refractivity contribution in [1.29, 1.82) is 0 Å². The van der Waals surface area contributed by atoms with Crippen molar-refractivity contribution in [2.24, 2.45) is 0 Å². The monoisotopic (exact) mass is 348 g/mol. The molecule has 0 fully saturated rings. The number of sulfone groups is 1. The number of pyridine rings is 1. The lowest BCUT2D eigenvalue weighted by Crippen LogP contribution is -2.33. The molecule has 2 rings (SSSR count). The van der Waals surface area contributed by atoms with Gasteiger partial charge in [-0.05, 0) is 43.7 Å². The molecule has 0 unspecified atom stereocenters. The molecule has 0 radical (unpaired) electrons. The van der Waals surface area contributed by atoms with E-state index in [0.29, 0.717) is 5.69 Å². The molecule has 1 atom stereocenters. The van der Waals surface area contributed by atoms with Crippen molar-refractivity contribution in [3.05, 3.63) is 63.6 Å². The molecule has 24 heavy (non-hydrogen) atoms. The van der Waals surface area contributed by atoms with Crippen molar-refractivity contribution in [2.45, 2.75) is 24.8 Å². The largest absolute Gasteiger partial charge is 0.335 e. The molecule has 1 N–H and O–H groups in total. The summed E-state index contributed by atoms with van der Waals surface area (Å²) in [5.41, 5.74) is 1.11. The fraction of sp³-hybridized carbons (Fsp3) is 0.294. The highest BCUT2D eigenvalue weighted by atomic mass is 32.2. The van der Waals surface area contributed by atoms with Crippen molar-refractivity contribution in [3.8, 4) is 0 Å². The number of aromatic amines is 1. The van der Waals surface area contributed by atoms with Gasteiger partial charge < -0.3 is 9.88 Å². The number of aromatic nitrogens is 1. The molecule has 1 aromatic heterocycles. The number of carbonyl (C=O) groups excluding carboxylic acids is 1. The number of H-pyrrole nitrogens is 1. The fourth-order valence-electron chi connectivity index (χ4n) is 2.32. The third kappa shape index (κ3) is 3.73. The molecular weight excluding hydrogens is 328 g/mol. The molecule has 0 bridgehead atoms. The Hall–Kier alpha value is -2.41. The van der Waals surface area contributed by atoms with Crippen LogP contribution in [-0.4, -0.2) is 37.5 Å². The first-order valence-electron chi connectivity index (χ1n) is 7.38. The van der Waals surface area contributed by atoms with E-state index < -0.39 is 21.3 Å². The minimum atomic E-state index is -3.26. The van der Waals surface area contributed by atoms with E-state index in [2.05, 4.69) is 4.98 Å². The molecule has 1 amide bonds. The molecule has 0 saturated heterocycles. The first kappa shape index (κ1) is 17.9. The Morgan fingerprint density at radius 3 is 2.21 bits per heavy atom. The maximum atomic E-state index is 12.5. The van der Waals surface area contributed by atoms with E-state index >= 15 is 0 Å². The Balaban J connectivity index is 2.27. The fourth-order valence-corrected chi connectivity index (χ4v) is 2.95. The lowest BCUT2D eigenvalue weighted by Gasteiger charge is -2.25. The summed E-state index contributed by atoms with van der Waals surface area (Å²) in [5.74, 6) is -0.393. The lowest BCUT2D eigenvalue weighted by molar-refractivity contribution is 0.0740. The Kier molecular flexibility index (Phi) is 4.94. The van der Waals surface area contributed by atoms with Gasteiger partial charge in [-0.25, -0.2) is 8.42 Å². The zero-order valence-corrected chi connectivity index (χ0v) is 14.8. The van der Waals surface area contributed by atoms with Crippen LogP contribution in [0.2, 0.25) is 0 Å². The van der Waals surface area contributed by atoms with Crippen LogP contribution in [0.1, 0.15) is 34.6 Å². The maximum Gasteiger partial charge on any atom is 0.260 e. The summed E-state index contributed by atoms with van der Waals surface area (Å²) < 4.78 is 23.0. The standard InChI is InChI=1S/C17H20N2O4S/c1-11-5-10-15(16(20)18-11)17(21)19(3)12(2)13-6-8-14(9-7-13)24(4,22)23/h5-10,12H,1-4H3,(H,18,20)/t12-/m0/s1. The number of rotatable bonds is 4. The first-order chi connectivity index (χ1) is 11.1. The van der Waals surface area contributed by atoms with E-state index in [9.17, 15) is 18.0 Å². The van der Waals surface area contributed by atoms with E-state index in [0.717, 1.165) is 11.8 Å². The second-order valence-corrected chi connectivity index (χ2v) is 7.83. The minimum Gasteiger partial charge on any atom is -0.335 e. The summed E-state index contributed by atoms with van der Waals surface area (Å²) in [6.07, 6.45) is 1.14. The average molecular weight is 348 g/mol. The van der Waals surface area contributed by atoms with Gasteiger partial charge in [-0.1, -0.05) is 12.1 Å². The van der Waals surface area contributed by atoms with E-state index in [1.807, 2.05) is 6.92 Å². The maximum absolute atomic E-state index is 12.5. The number of benzene rings is 1. The first-order valence-corrected chi connectivity index (χ1v) is 9.27. The molecule has 2 aromatic rings. The Bertz CT molecular complexity index is 914. The third-order valence-electron chi connectivity index (χ3n) is 3.98. The van der Waals surface area contributed by atoms with Gasteiger partial charge in [0.25, 0.3) is 11.5 Å².